The minimum atomic E-state index is -0.718. The number of benzene rings is 2. The van der Waals surface area contributed by atoms with Crippen molar-refractivity contribution in [2.75, 3.05) is 13.1 Å². The Labute approximate surface area is 201 Å². The van der Waals surface area contributed by atoms with Crippen LogP contribution in [0.4, 0.5) is 0 Å². The number of fused-ring (bicyclic) bond motifs is 1. The molecule has 0 aliphatic carbocycles. The van der Waals surface area contributed by atoms with Crippen molar-refractivity contribution in [3.63, 3.8) is 0 Å². The molecule has 0 radical (unpaired) electrons. The SMILES string of the molecule is Cc1nc(-c2ccccc2)c(C(=O)N2CCC(O)C2CNC(=O)c2cccc3cccnc23)s1. The summed E-state index contributed by atoms with van der Waals surface area (Å²) in [5.41, 5.74) is 2.62. The fourth-order valence-electron chi connectivity index (χ4n) is 4.41. The van der Waals surface area contributed by atoms with Crippen LogP contribution in [-0.2, 0) is 0 Å². The molecular formula is C26H24N4O3S. The molecule has 2 unspecified atom stereocenters. The number of aliphatic hydroxyl groups is 1. The molecule has 5 rings (SSSR count). The Balaban J connectivity index is 1.36. The van der Waals surface area contributed by atoms with Crippen molar-refractivity contribution in [1.29, 1.82) is 0 Å². The van der Waals surface area contributed by atoms with E-state index in [9.17, 15) is 14.7 Å². The number of aryl methyl sites for hydroxylation is 1. The second-order valence-electron chi connectivity index (χ2n) is 8.29. The van der Waals surface area contributed by atoms with Crippen LogP contribution in [0.5, 0.6) is 0 Å². The largest absolute Gasteiger partial charge is 0.391 e. The van der Waals surface area contributed by atoms with Gasteiger partial charge in [0.1, 0.15) is 4.88 Å². The molecule has 34 heavy (non-hydrogen) atoms. The molecular weight excluding hydrogens is 448 g/mol. The van der Waals surface area contributed by atoms with Crippen LogP contribution in [0.15, 0.2) is 66.9 Å². The van der Waals surface area contributed by atoms with Gasteiger partial charge in [0, 0.05) is 30.2 Å². The van der Waals surface area contributed by atoms with Crippen LogP contribution >= 0.6 is 11.3 Å². The van der Waals surface area contributed by atoms with E-state index in [4.69, 9.17) is 0 Å². The summed E-state index contributed by atoms with van der Waals surface area (Å²) in [6.45, 7) is 2.44. The Bertz CT molecular complexity index is 1350. The maximum atomic E-state index is 13.6. The van der Waals surface area contributed by atoms with Gasteiger partial charge >= 0.3 is 0 Å². The van der Waals surface area contributed by atoms with Gasteiger partial charge in [-0.2, -0.15) is 0 Å². The van der Waals surface area contributed by atoms with Crippen LogP contribution < -0.4 is 5.32 Å². The van der Waals surface area contributed by atoms with Crippen LogP contribution in [-0.4, -0.2) is 57.0 Å². The molecule has 2 N–H and O–H groups in total. The zero-order chi connectivity index (χ0) is 23.7. The van der Waals surface area contributed by atoms with Gasteiger partial charge < -0.3 is 15.3 Å². The standard InChI is InChI=1S/C26H24N4O3S/c1-16-29-23(18-7-3-2-4-8-18)24(34-16)26(33)30-14-12-21(31)20(30)15-28-25(32)19-11-5-9-17-10-6-13-27-22(17)19/h2-11,13,20-21,31H,12,14-15H2,1H3,(H,28,32). The molecule has 0 bridgehead atoms. The monoisotopic (exact) mass is 472 g/mol. The van der Waals surface area contributed by atoms with Gasteiger partial charge in [-0.25, -0.2) is 4.98 Å². The van der Waals surface area contributed by atoms with Gasteiger partial charge in [0.25, 0.3) is 11.8 Å². The predicted molar refractivity (Wildman–Crippen MR) is 132 cm³/mol. The van der Waals surface area contributed by atoms with E-state index in [0.29, 0.717) is 34.6 Å². The summed E-state index contributed by atoms with van der Waals surface area (Å²) >= 11 is 1.35. The Morgan fingerprint density at radius 1 is 1.12 bits per heavy atom. The third-order valence-electron chi connectivity index (χ3n) is 6.10. The molecule has 7 nitrogen and oxygen atoms in total. The number of aliphatic hydroxyl groups excluding tert-OH is 1. The van der Waals surface area contributed by atoms with E-state index < -0.39 is 12.1 Å². The number of nitrogens with one attached hydrogen (secondary N) is 1. The number of nitrogens with zero attached hydrogens (tertiary/aromatic N) is 3. The number of amides is 2. The predicted octanol–water partition coefficient (Wildman–Crippen LogP) is 3.67. The number of rotatable bonds is 5. The number of aromatic nitrogens is 2. The highest BCUT2D eigenvalue weighted by Crippen LogP contribution is 2.31. The molecule has 1 saturated heterocycles. The van der Waals surface area contributed by atoms with Gasteiger partial charge in [0.05, 0.1) is 33.9 Å². The van der Waals surface area contributed by atoms with Gasteiger partial charge in [0.15, 0.2) is 0 Å². The number of carbonyl (C=O) groups is 2. The topological polar surface area (TPSA) is 95.4 Å². The average Bonchev–Trinajstić information content (AvgIpc) is 3.44. The summed E-state index contributed by atoms with van der Waals surface area (Å²) in [5, 5.41) is 15.2. The molecule has 0 spiro atoms. The first-order valence-corrected chi connectivity index (χ1v) is 12.0. The van der Waals surface area contributed by atoms with Crippen LogP contribution in [0.2, 0.25) is 0 Å². The number of thiazole rings is 1. The molecule has 0 saturated carbocycles. The number of hydrogen-bond donors (Lipinski definition) is 2. The first-order chi connectivity index (χ1) is 16.5. The zero-order valence-corrected chi connectivity index (χ0v) is 19.5. The second kappa shape index (κ2) is 9.32. The number of likely N-dealkylation sites (tertiary alicyclic amines) is 1. The molecule has 1 aliphatic heterocycles. The molecule has 3 heterocycles. The number of pyridine rings is 1. The highest BCUT2D eigenvalue weighted by atomic mass is 32.1. The summed E-state index contributed by atoms with van der Waals surface area (Å²) < 4.78 is 0. The molecule has 1 aliphatic rings. The van der Waals surface area contributed by atoms with Crippen molar-refractivity contribution in [1.82, 2.24) is 20.2 Å². The molecule has 8 heteroatoms. The molecule has 2 atom stereocenters. The van der Waals surface area contributed by atoms with Crippen molar-refractivity contribution in [3.05, 3.63) is 82.3 Å². The Kier molecular flexibility index (Phi) is 6.08. The van der Waals surface area contributed by atoms with E-state index in [0.717, 1.165) is 16.0 Å². The first-order valence-electron chi connectivity index (χ1n) is 11.2. The van der Waals surface area contributed by atoms with Crippen LogP contribution in [0.1, 0.15) is 31.5 Å². The molecule has 2 aromatic carbocycles. The quantitative estimate of drug-likeness (QED) is 0.462. The Hall–Kier alpha value is -3.62. The van der Waals surface area contributed by atoms with E-state index in [1.807, 2.05) is 61.5 Å². The average molecular weight is 473 g/mol. The summed E-state index contributed by atoms with van der Waals surface area (Å²) in [5.74, 6) is -0.457. The second-order valence-corrected chi connectivity index (χ2v) is 9.49. The van der Waals surface area contributed by atoms with Crippen molar-refractivity contribution in [2.45, 2.75) is 25.5 Å². The number of para-hydroxylation sites is 1. The van der Waals surface area contributed by atoms with E-state index in [1.165, 1.54) is 11.3 Å². The van der Waals surface area contributed by atoms with Gasteiger partial charge in [-0.1, -0.05) is 48.5 Å². The third kappa shape index (κ3) is 4.18. The summed E-state index contributed by atoms with van der Waals surface area (Å²) in [6, 6.07) is 18.3. The minimum absolute atomic E-state index is 0.146. The molecule has 1 fully saturated rings. The van der Waals surface area contributed by atoms with E-state index in [2.05, 4.69) is 15.3 Å². The number of hydrogen-bond acceptors (Lipinski definition) is 6. The van der Waals surface area contributed by atoms with E-state index in [1.54, 1.807) is 17.2 Å². The molecule has 4 aromatic rings. The van der Waals surface area contributed by atoms with Gasteiger partial charge in [-0.3, -0.25) is 14.6 Å². The van der Waals surface area contributed by atoms with Crippen LogP contribution in [0.25, 0.3) is 22.2 Å². The summed E-state index contributed by atoms with van der Waals surface area (Å²) in [4.78, 5) is 37.7. The fraction of sp³-hybridized carbons (Fsp3) is 0.231. The van der Waals surface area contributed by atoms with Crippen molar-refractivity contribution in [3.8, 4) is 11.3 Å². The first kappa shape index (κ1) is 22.2. The highest BCUT2D eigenvalue weighted by molar-refractivity contribution is 7.14. The minimum Gasteiger partial charge on any atom is -0.391 e. The normalized spacial score (nSPS) is 17.8. The summed E-state index contributed by atoms with van der Waals surface area (Å²) in [7, 11) is 0. The third-order valence-corrected chi connectivity index (χ3v) is 7.05. The molecule has 172 valence electrons. The molecule has 2 amide bonds. The maximum Gasteiger partial charge on any atom is 0.266 e. The lowest BCUT2D eigenvalue weighted by Crippen LogP contribution is -2.47. The Morgan fingerprint density at radius 3 is 2.74 bits per heavy atom. The summed E-state index contributed by atoms with van der Waals surface area (Å²) in [6.07, 6.45) is 1.39. The lowest BCUT2D eigenvalue weighted by Gasteiger charge is -2.26. The lowest BCUT2D eigenvalue weighted by molar-refractivity contribution is 0.0631. The van der Waals surface area contributed by atoms with Crippen LogP contribution in [0, 0.1) is 6.92 Å². The lowest BCUT2D eigenvalue weighted by atomic mass is 10.1. The fourth-order valence-corrected chi connectivity index (χ4v) is 5.31. The maximum absolute atomic E-state index is 13.6. The highest BCUT2D eigenvalue weighted by Gasteiger charge is 2.38. The van der Waals surface area contributed by atoms with Gasteiger partial charge in [-0.05, 0) is 25.5 Å². The van der Waals surface area contributed by atoms with Crippen LogP contribution in [0.3, 0.4) is 0 Å². The van der Waals surface area contributed by atoms with E-state index in [-0.39, 0.29) is 18.4 Å². The van der Waals surface area contributed by atoms with Gasteiger partial charge in [-0.15, -0.1) is 11.3 Å². The van der Waals surface area contributed by atoms with Crippen molar-refractivity contribution < 1.29 is 14.7 Å². The smallest absolute Gasteiger partial charge is 0.266 e. The van der Waals surface area contributed by atoms with Crippen molar-refractivity contribution in [2.24, 2.45) is 0 Å². The van der Waals surface area contributed by atoms with Crippen molar-refractivity contribution >= 4 is 34.1 Å². The number of carbonyl (C=O) groups excluding carboxylic acids is 2. The molecule has 2 aromatic heterocycles. The van der Waals surface area contributed by atoms with E-state index >= 15 is 0 Å². The zero-order valence-electron chi connectivity index (χ0n) is 18.6. The Morgan fingerprint density at radius 2 is 1.91 bits per heavy atom. The van der Waals surface area contributed by atoms with Gasteiger partial charge in [0.2, 0.25) is 0 Å².